The van der Waals surface area contributed by atoms with Gasteiger partial charge in [-0.15, -0.1) is 11.3 Å². The molecule has 0 spiro atoms. The standard InChI is InChI=1S/C14H17N3O2S/c1-3-19-12-7-5-4-6-11(12)16-10(2)13(18)17-14-15-8-9-20-14/h4-10,16H,3H2,1-2H3,(H,15,17,18)/t10-/m0/s1. The first-order valence-electron chi connectivity index (χ1n) is 6.39. The van der Waals surface area contributed by atoms with Gasteiger partial charge in [0.05, 0.1) is 12.3 Å². The van der Waals surface area contributed by atoms with Crippen molar-refractivity contribution in [2.45, 2.75) is 19.9 Å². The van der Waals surface area contributed by atoms with Crippen LogP contribution in [0.25, 0.3) is 0 Å². The van der Waals surface area contributed by atoms with E-state index in [9.17, 15) is 4.79 Å². The minimum absolute atomic E-state index is 0.133. The molecule has 1 aromatic heterocycles. The lowest BCUT2D eigenvalue weighted by molar-refractivity contribution is -0.116. The van der Waals surface area contributed by atoms with Crippen LogP contribution in [0.3, 0.4) is 0 Å². The van der Waals surface area contributed by atoms with E-state index in [-0.39, 0.29) is 11.9 Å². The predicted octanol–water partition coefficient (Wildman–Crippen LogP) is 2.98. The number of benzene rings is 1. The van der Waals surface area contributed by atoms with Crippen LogP contribution in [-0.2, 0) is 4.79 Å². The monoisotopic (exact) mass is 291 g/mol. The Morgan fingerprint density at radius 2 is 2.25 bits per heavy atom. The molecule has 1 atom stereocenters. The van der Waals surface area contributed by atoms with Crippen LogP contribution in [0, 0.1) is 0 Å². The van der Waals surface area contributed by atoms with Crippen molar-refractivity contribution < 1.29 is 9.53 Å². The van der Waals surface area contributed by atoms with Gasteiger partial charge in [-0.3, -0.25) is 4.79 Å². The molecule has 2 rings (SSSR count). The van der Waals surface area contributed by atoms with E-state index in [4.69, 9.17) is 4.74 Å². The second-order valence-corrected chi connectivity index (χ2v) is 5.02. The summed E-state index contributed by atoms with van der Waals surface area (Å²) in [4.78, 5) is 16.1. The van der Waals surface area contributed by atoms with Gasteiger partial charge in [-0.05, 0) is 26.0 Å². The predicted molar refractivity (Wildman–Crippen MR) is 81.4 cm³/mol. The van der Waals surface area contributed by atoms with Crippen LogP contribution in [0.2, 0.25) is 0 Å². The van der Waals surface area contributed by atoms with Gasteiger partial charge in [0.2, 0.25) is 5.91 Å². The molecular weight excluding hydrogens is 274 g/mol. The van der Waals surface area contributed by atoms with Crippen molar-refractivity contribution in [3.63, 3.8) is 0 Å². The number of hydrogen-bond donors (Lipinski definition) is 2. The average molecular weight is 291 g/mol. The third-order valence-corrected chi connectivity index (χ3v) is 3.30. The molecule has 106 valence electrons. The number of nitrogens with zero attached hydrogens (tertiary/aromatic N) is 1. The minimum atomic E-state index is -0.388. The number of para-hydroxylation sites is 2. The molecule has 0 saturated carbocycles. The van der Waals surface area contributed by atoms with Crippen molar-refractivity contribution >= 4 is 28.1 Å². The van der Waals surface area contributed by atoms with Gasteiger partial charge in [-0.2, -0.15) is 0 Å². The highest BCUT2D eigenvalue weighted by Crippen LogP contribution is 2.24. The second-order valence-electron chi connectivity index (χ2n) is 4.12. The first kappa shape index (κ1) is 14.3. The third kappa shape index (κ3) is 3.71. The van der Waals surface area contributed by atoms with Crippen LogP contribution in [0.1, 0.15) is 13.8 Å². The minimum Gasteiger partial charge on any atom is -0.492 e. The van der Waals surface area contributed by atoms with Crippen molar-refractivity contribution in [3.8, 4) is 5.75 Å². The maximum Gasteiger partial charge on any atom is 0.248 e. The van der Waals surface area contributed by atoms with Crippen molar-refractivity contribution in [1.29, 1.82) is 0 Å². The van der Waals surface area contributed by atoms with Crippen LogP contribution >= 0.6 is 11.3 Å². The van der Waals surface area contributed by atoms with Gasteiger partial charge in [0.1, 0.15) is 11.8 Å². The Balaban J connectivity index is 2.00. The number of rotatable bonds is 6. The molecule has 2 aromatic rings. The van der Waals surface area contributed by atoms with E-state index in [2.05, 4.69) is 15.6 Å². The Hall–Kier alpha value is -2.08. The smallest absolute Gasteiger partial charge is 0.248 e. The van der Waals surface area contributed by atoms with E-state index < -0.39 is 0 Å². The number of aromatic nitrogens is 1. The van der Waals surface area contributed by atoms with Crippen molar-refractivity contribution in [1.82, 2.24) is 4.98 Å². The number of nitrogens with one attached hydrogen (secondary N) is 2. The lowest BCUT2D eigenvalue weighted by atomic mass is 10.2. The fourth-order valence-electron chi connectivity index (χ4n) is 1.66. The van der Waals surface area contributed by atoms with Gasteiger partial charge in [-0.1, -0.05) is 12.1 Å². The van der Waals surface area contributed by atoms with Crippen LogP contribution in [0.4, 0.5) is 10.8 Å². The van der Waals surface area contributed by atoms with Gasteiger partial charge >= 0.3 is 0 Å². The summed E-state index contributed by atoms with van der Waals surface area (Å²) in [7, 11) is 0. The molecule has 0 bridgehead atoms. The second kappa shape index (κ2) is 6.91. The molecule has 20 heavy (non-hydrogen) atoms. The van der Waals surface area contributed by atoms with Gasteiger partial charge in [0.25, 0.3) is 0 Å². The summed E-state index contributed by atoms with van der Waals surface area (Å²) in [5.74, 6) is 0.607. The zero-order chi connectivity index (χ0) is 14.4. The van der Waals surface area contributed by atoms with E-state index in [1.807, 2.05) is 36.6 Å². The van der Waals surface area contributed by atoms with Crippen molar-refractivity contribution in [2.75, 3.05) is 17.2 Å². The average Bonchev–Trinajstić information content (AvgIpc) is 2.94. The highest BCUT2D eigenvalue weighted by molar-refractivity contribution is 7.13. The van der Waals surface area contributed by atoms with Crippen LogP contribution < -0.4 is 15.4 Å². The van der Waals surface area contributed by atoms with E-state index in [1.165, 1.54) is 11.3 Å². The Morgan fingerprint density at radius 1 is 1.45 bits per heavy atom. The summed E-state index contributed by atoms with van der Waals surface area (Å²) in [6.07, 6.45) is 1.66. The maximum absolute atomic E-state index is 12.0. The third-order valence-electron chi connectivity index (χ3n) is 2.61. The molecule has 2 N–H and O–H groups in total. The largest absolute Gasteiger partial charge is 0.492 e. The number of carbonyl (C=O) groups excluding carboxylic acids is 1. The molecule has 1 heterocycles. The summed E-state index contributed by atoms with van der Waals surface area (Å²) in [6.45, 7) is 4.30. The van der Waals surface area contributed by atoms with Gasteiger partial charge in [0, 0.05) is 11.6 Å². The van der Waals surface area contributed by atoms with Gasteiger partial charge < -0.3 is 15.4 Å². The first-order valence-corrected chi connectivity index (χ1v) is 7.27. The number of anilines is 2. The zero-order valence-corrected chi connectivity index (χ0v) is 12.2. The number of carbonyl (C=O) groups is 1. The molecule has 0 aliphatic carbocycles. The number of ether oxygens (including phenoxy) is 1. The first-order chi connectivity index (χ1) is 9.70. The molecule has 0 aliphatic rings. The molecular formula is C14H17N3O2S. The topological polar surface area (TPSA) is 63.2 Å². The molecule has 0 radical (unpaired) electrons. The Bertz CT molecular complexity index is 557. The summed E-state index contributed by atoms with van der Waals surface area (Å²) < 4.78 is 5.52. The molecule has 0 saturated heterocycles. The lowest BCUT2D eigenvalue weighted by Crippen LogP contribution is -2.32. The molecule has 0 aliphatic heterocycles. The zero-order valence-electron chi connectivity index (χ0n) is 11.4. The van der Waals surface area contributed by atoms with Crippen LogP contribution in [0.5, 0.6) is 5.75 Å². The normalized spacial score (nSPS) is 11.7. The number of amides is 1. The fraction of sp³-hybridized carbons (Fsp3) is 0.286. The lowest BCUT2D eigenvalue weighted by Gasteiger charge is -2.17. The molecule has 0 unspecified atom stereocenters. The summed E-state index contributed by atoms with van der Waals surface area (Å²) >= 11 is 1.39. The van der Waals surface area contributed by atoms with E-state index >= 15 is 0 Å². The molecule has 1 amide bonds. The van der Waals surface area contributed by atoms with E-state index in [0.29, 0.717) is 11.7 Å². The fourth-order valence-corrected chi connectivity index (χ4v) is 2.20. The molecule has 0 fully saturated rings. The Morgan fingerprint density at radius 3 is 2.95 bits per heavy atom. The number of hydrogen-bond acceptors (Lipinski definition) is 5. The summed E-state index contributed by atoms with van der Waals surface area (Å²) in [5.41, 5.74) is 0.802. The van der Waals surface area contributed by atoms with Gasteiger partial charge in [0.15, 0.2) is 5.13 Å². The summed E-state index contributed by atoms with van der Waals surface area (Å²) in [5, 5.41) is 8.32. The highest BCUT2D eigenvalue weighted by Gasteiger charge is 2.15. The SMILES string of the molecule is CCOc1ccccc1N[C@@H](C)C(=O)Nc1nccs1. The number of thiazole rings is 1. The molecule has 1 aromatic carbocycles. The van der Waals surface area contributed by atoms with Crippen molar-refractivity contribution in [2.24, 2.45) is 0 Å². The maximum atomic E-state index is 12.0. The highest BCUT2D eigenvalue weighted by atomic mass is 32.1. The van der Waals surface area contributed by atoms with Crippen LogP contribution in [-0.4, -0.2) is 23.5 Å². The van der Waals surface area contributed by atoms with Crippen molar-refractivity contribution in [3.05, 3.63) is 35.8 Å². The quantitative estimate of drug-likeness (QED) is 0.859. The summed E-state index contributed by atoms with van der Waals surface area (Å²) in [6, 6.07) is 7.17. The Kier molecular flexibility index (Phi) is 4.95. The van der Waals surface area contributed by atoms with Crippen LogP contribution in [0.15, 0.2) is 35.8 Å². The molecule has 6 heteroatoms. The van der Waals surface area contributed by atoms with Gasteiger partial charge in [-0.25, -0.2) is 4.98 Å². The Labute approximate surface area is 122 Å². The van der Waals surface area contributed by atoms with E-state index in [0.717, 1.165) is 11.4 Å². The van der Waals surface area contributed by atoms with E-state index in [1.54, 1.807) is 13.1 Å². The molecule has 5 nitrogen and oxygen atoms in total.